The molecule has 11 heteroatoms. The van der Waals surface area contributed by atoms with Gasteiger partial charge in [-0.2, -0.15) is 10.4 Å². The Morgan fingerprint density at radius 2 is 2.08 bits per heavy atom. The third kappa shape index (κ3) is 3.84. The summed E-state index contributed by atoms with van der Waals surface area (Å²) < 4.78 is 5.88. The first-order valence-electron chi connectivity index (χ1n) is 14.3. The number of aromatic nitrogens is 4. The van der Waals surface area contributed by atoms with Crippen molar-refractivity contribution in [2.75, 3.05) is 49.6 Å². The van der Waals surface area contributed by atoms with E-state index in [9.17, 15) is 10.1 Å². The number of amides is 1. The third-order valence-corrected chi connectivity index (χ3v) is 9.73. The molecule has 0 aliphatic carbocycles. The summed E-state index contributed by atoms with van der Waals surface area (Å²) in [6, 6.07) is 6.36. The van der Waals surface area contributed by atoms with Crippen LogP contribution in [0.2, 0.25) is 0 Å². The zero-order valence-corrected chi connectivity index (χ0v) is 23.1. The van der Waals surface area contributed by atoms with Crippen LogP contribution < -0.4 is 15.5 Å². The Morgan fingerprint density at radius 1 is 1.25 bits per heavy atom. The average Bonchev–Trinajstić information content (AvgIpc) is 3.63. The number of nitriles is 1. The Morgan fingerprint density at radius 3 is 2.77 bits per heavy atom. The third-order valence-electron chi connectivity index (χ3n) is 9.73. The van der Waals surface area contributed by atoms with Crippen molar-refractivity contribution in [1.29, 1.82) is 5.26 Å². The number of hydrogen-bond donors (Lipinski definition) is 2. The van der Waals surface area contributed by atoms with E-state index in [1.54, 1.807) is 4.90 Å². The highest BCUT2D eigenvalue weighted by molar-refractivity contribution is 5.88. The Hall–Kier alpha value is -3.75. The van der Waals surface area contributed by atoms with Crippen molar-refractivity contribution in [2.45, 2.75) is 57.1 Å². The lowest BCUT2D eigenvalue weighted by atomic mass is 9.73. The maximum absolute atomic E-state index is 12.3. The van der Waals surface area contributed by atoms with Gasteiger partial charge in [-0.3, -0.25) is 9.89 Å². The minimum absolute atomic E-state index is 0.0255. The van der Waals surface area contributed by atoms with Crippen LogP contribution in [0.3, 0.4) is 0 Å². The molecule has 4 aliphatic rings. The van der Waals surface area contributed by atoms with E-state index in [0.29, 0.717) is 24.2 Å². The highest BCUT2D eigenvalue weighted by Gasteiger charge is 2.47. The number of likely N-dealkylation sites (tertiary alicyclic amines) is 1. The molecule has 208 valence electrons. The first-order chi connectivity index (χ1) is 19.4. The number of carbonyl (C=O) groups excluding carboxylic acids is 1. The van der Waals surface area contributed by atoms with Crippen LogP contribution in [0.4, 0.5) is 17.3 Å². The number of fused-ring (bicyclic) bond motifs is 2. The molecular formula is C29H35N9O2. The van der Waals surface area contributed by atoms with Crippen molar-refractivity contribution in [3.8, 4) is 6.07 Å². The molecule has 1 aromatic carbocycles. The van der Waals surface area contributed by atoms with Crippen molar-refractivity contribution < 1.29 is 9.53 Å². The molecule has 3 aromatic rings. The normalized spacial score (nSPS) is 26.1. The average molecular weight is 542 g/mol. The number of aromatic amines is 1. The SMILES string of the molecule is C[C@@H]1OCC2(CCN(c3cnc4c(N5CCCc6c5ccc(C#N)c6[C@H]5CC(=O)N(C)C5)n[nH]c4n3)CC2)[C@@H]1N. The molecule has 3 N–H and O–H groups in total. The number of rotatable bonds is 3. The zero-order chi connectivity index (χ0) is 27.6. The van der Waals surface area contributed by atoms with Crippen LogP contribution in [0.25, 0.3) is 11.2 Å². The van der Waals surface area contributed by atoms with Crippen LogP contribution in [0.15, 0.2) is 18.3 Å². The smallest absolute Gasteiger partial charge is 0.223 e. The maximum atomic E-state index is 12.3. The fourth-order valence-electron chi connectivity index (χ4n) is 7.32. The number of hydrogen-bond acceptors (Lipinski definition) is 9. The van der Waals surface area contributed by atoms with E-state index in [4.69, 9.17) is 20.4 Å². The molecule has 40 heavy (non-hydrogen) atoms. The zero-order valence-electron chi connectivity index (χ0n) is 23.1. The lowest BCUT2D eigenvalue weighted by Crippen LogP contribution is -2.50. The molecule has 0 saturated carbocycles. The fraction of sp³-hybridized carbons (Fsp3) is 0.552. The summed E-state index contributed by atoms with van der Waals surface area (Å²) in [5.74, 6) is 1.73. The minimum atomic E-state index is 0.0255. The molecule has 4 aliphatic heterocycles. The summed E-state index contributed by atoms with van der Waals surface area (Å²) in [6.07, 6.45) is 6.14. The first kappa shape index (κ1) is 25.2. The molecular weight excluding hydrogens is 506 g/mol. The van der Waals surface area contributed by atoms with Crippen LogP contribution in [0.5, 0.6) is 0 Å². The van der Waals surface area contributed by atoms with E-state index in [0.717, 1.165) is 85.9 Å². The fourth-order valence-corrected chi connectivity index (χ4v) is 7.32. The van der Waals surface area contributed by atoms with E-state index in [1.807, 2.05) is 25.4 Å². The lowest BCUT2D eigenvalue weighted by Gasteiger charge is -2.41. The predicted octanol–water partition coefficient (Wildman–Crippen LogP) is 2.59. The number of piperidine rings is 1. The number of likely N-dealkylation sites (N-methyl/N-ethyl adjacent to an activating group) is 1. The Bertz CT molecular complexity index is 1520. The standard InChI is InChI=1S/C29H35N9O2/c1-17-26(31)29(16-40-17)7-10-37(11-8-29)22-14-32-25-27(33-22)34-35-28(25)38-9-3-4-20-21(38)6-5-18(13-30)24(20)19-12-23(39)36(2)15-19/h5-6,14,17,19,26H,3-4,7-12,15-16,31H2,1-2H3,(H,33,34,35)/t17-,19-,26+/m0/s1. The van der Waals surface area contributed by atoms with Crippen molar-refractivity contribution in [3.05, 3.63) is 35.0 Å². The molecule has 11 nitrogen and oxygen atoms in total. The van der Waals surface area contributed by atoms with Gasteiger partial charge in [-0.15, -0.1) is 0 Å². The summed E-state index contributed by atoms with van der Waals surface area (Å²) in [5.41, 5.74) is 11.8. The second-order valence-corrected chi connectivity index (χ2v) is 11.9. The van der Waals surface area contributed by atoms with E-state index >= 15 is 0 Å². The topological polar surface area (TPSA) is 140 Å². The Labute approximate surface area is 233 Å². The molecule has 0 radical (unpaired) electrons. The number of nitrogens with two attached hydrogens (primary N) is 1. The number of benzene rings is 1. The van der Waals surface area contributed by atoms with Gasteiger partial charge in [0.1, 0.15) is 5.82 Å². The van der Waals surface area contributed by atoms with Gasteiger partial charge >= 0.3 is 0 Å². The van der Waals surface area contributed by atoms with Crippen LogP contribution >= 0.6 is 0 Å². The molecule has 7 rings (SSSR count). The van der Waals surface area contributed by atoms with Crippen molar-refractivity contribution >= 4 is 34.4 Å². The first-order valence-corrected chi connectivity index (χ1v) is 14.3. The van der Waals surface area contributed by atoms with Crippen LogP contribution in [-0.2, 0) is 16.0 Å². The van der Waals surface area contributed by atoms with Gasteiger partial charge in [-0.05, 0) is 55.9 Å². The van der Waals surface area contributed by atoms with Gasteiger partial charge in [0.05, 0.1) is 30.5 Å². The summed E-state index contributed by atoms with van der Waals surface area (Å²) in [4.78, 5) is 28.3. The second-order valence-electron chi connectivity index (χ2n) is 11.9. The molecule has 1 spiro atoms. The molecule has 0 unspecified atom stereocenters. The molecule has 1 amide bonds. The molecule has 3 saturated heterocycles. The van der Waals surface area contributed by atoms with Crippen LogP contribution in [0, 0.1) is 16.7 Å². The summed E-state index contributed by atoms with van der Waals surface area (Å²) in [7, 11) is 1.83. The van der Waals surface area contributed by atoms with E-state index in [1.165, 1.54) is 0 Å². The van der Waals surface area contributed by atoms with Gasteiger partial charge in [-0.1, -0.05) is 0 Å². The van der Waals surface area contributed by atoms with Crippen molar-refractivity contribution in [2.24, 2.45) is 11.1 Å². The highest BCUT2D eigenvalue weighted by Crippen LogP contribution is 2.44. The molecule has 6 heterocycles. The van der Waals surface area contributed by atoms with Gasteiger partial charge < -0.3 is 25.2 Å². The van der Waals surface area contributed by atoms with E-state index in [2.05, 4.69) is 33.0 Å². The summed E-state index contributed by atoms with van der Waals surface area (Å²) in [6.45, 7) is 5.97. The van der Waals surface area contributed by atoms with Crippen LogP contribution in [-0.4, -0.2) is 83.0 Å². The predicted molar refractivity (Wildman–Crippen MR) is 150 cm³/mol. The number of anilines is 3. The Kier molecular flexibility index (Phi) is 5.94. The minimum Gasteiger partial charge on any atom is -0.376 e. The van der Waals surface area contributed by atoms with Gasteiger partial charge in [0.15, 0.2) is 17.0 Å². The number of H-pyrrole nitrogens is 1. The van der Waals surface area contributed by atoms with E-state index < -0.39 is 0 Å². The van der Waals surface area contributed by atoms with Crippen molar-refractivity contribution in [1.82, 2.24) is 25.1 Å². The quantitative estimate of drug-likeness (QED) is 0.512. The van der Waals surface area contributed by atoms with Crippen LogP contribution in [0.1, 0.15) is 55.2 Å². The number of nitrogens with zero attached hydrogens (tertiary/aromatic N) is 7. The van der Waals surface area contributed by atoms with Gasteiger partial charge in [0, 0.05) is 62.7 Å². The number of nitrogens with one attached hydrogen (secondary N) is 1. The molecule has 0 bridgehead atoms. The number of ether oxygens (including phenoxy) is 1. The monoisotopic (exact) mass is 541 g/mol. The molecule has 3 fully saturated rings. The van der Waals surface area contributed by atoms with Crippen molar-refractivity contribution in [3.63, 3.8) is 0 Å². The lowest BCUT2D eigenvalue weighted by molar-refractivity contribution is -0.126. The largest absolute Gasteiger partial charge is 0.376 e. The summed E-state index contributed by atoms with van der Waals surface area (Å²) in [5, 5.41) is 17.7. The molecule has 3 atom stereocenters. The van der Waals surface area contributed by atoms with Gasteiger partial charge in [0.25, 0.3) is 0 Å². The maximum Gasteiger partial charge on any atom is 0.223 e. The van der Waals surface area contributed by atoms with Gasteiger partial charge in [-0.25, -0.2) is 9.97 Å². The second kappa shape index (κ2) is 9.42. The van der Waals surface area contributed by atoms with E-state index in [-0.39, 0.29) is 29.4 Å². The molecule has 2 aromatic heterocycles. The Balaban J connectivity index is 1.17. The highest BCUT2D eigenvalue weighted by atomic mass is 16.5. The van der Waals surface area contributed by atoms with Gasteiger partial charge in [0.2, 0.25) is 5.91 Å². The number of carbonyl (C=O) groups is 1. The summed E-state index contributed by atoms with van der Waals surface area (Å²) >= 11 is 0.